The number of benzene rings is 1. The predicted octanol–water partition coefficient (Wildman–Crippen LogP) is 1.50. The summed E-state index contributed by atoms with van der Waals surface area (Å²) >= 11 is 0. The van der Waals surface area contributed by atoms with Gasteiger partial charge in [0, 0.05) is 26.7 Å². The van der Waals surface area contributed by atoms with Gasteiger partial charge in [-0.3, -0.25) is 4.79 Å². The monoisotopic (exact) mass is 355 g/mol. The van der Waals surface area contributed by atoms with Crippen molar-refractivity contribution < 1.29 is 13.2 Å². The van der Waals surface area contributed by atoms with Gasteiger partial charge in [0.25, 0.3) is 0 Å². The van der Waals surface area contributed by atoms with Crippen molar-refractivity contribution in [1.82, 2.24) is 9.62 Å². The lowest BCUT2D eigenvalue weighted by Crippen LogP contribution is -2.48. The maximum atomic E-state index is 12.6. The predicted molar refractivity (Wildman–Crippen MR) is 96.1 cm³/mol. The summed E-state index contributed by atoms with van der Waals surface area (Å²) in [5.74, 6) is -0.0375. The van der Waals surface area contributed by atoms with Gasteiger partial charge in [-0.05, 0) is 31.9 Å². The van der Waals surface area contributed by atoms with Crippen molar-refractivity contribution in [3.63, 3.8) is 0 Å². The quantitative estimate of drug-likeness (QED) is 0.702. The van der Waals surface area contributed by atoms with E-state index >= 15 is 0 Å². The van der Waals surface area contributed by atoms with Gasteiger partial charge in [-0.15, -0.1) is 0 Å². The van der Waals surface area contributed by atoms with Crippen LogP contribution in [0.4, 0.5) is 0 Å². The average Bonchev–Trinajstić information content (AvgIpc) is 2.57. The fourth-order valence-corrected chi connectivity index (χ4v) is 3.60. The van der Waals surface area contributed by atoms with Crippen LogP contribution >= 0.6 is 0 Å². The molecule has 1 amide bonds. The minimum Gasteiger partial charge on any atom is -0.344 e. The number of carbonyl (C=O) groups is 1. The second kappa shape index (κ2) is 8.60. The summed E-state index contributed by atoms with van der Waals surface area (Å²) in [4.78, 5) is 14.4. The molecule has 0 aliphatic carbocycles. The number of nitrogens with two attached hydrogens (primary N) is 1. The van der Waals surface area contributed by atoms with Gasteiger partial charge in [0.1, 0.15) is 0 Å². The highest BCUT2D eigenvalue weighted by molar-refractivity contribution is 7.89. The Morgan fingerprint density at radius 3 is 2.21 bits per heavy atom. The fourth-order valence-electron chi connectivity index (χ4n) is 2.58. The van der Waals surface area contributed by atoms with Crippen LogP contribution in [0, 0.1) is 12.3 Å². The Bertz CT molecular complexity index is 629. The highest BCUT2D eigenvalue weighted by Crippen LogP contribution is 2.27. The van der Waals surface area contributed by atoms with E-state index in [2.05, 4.69) is 4.72 Å². The second-order valence-corrected chi connectivity index (χ2v) is 7.90. The molecule has 0 heterocycles. The Morgan fingerprint density at radius 1 is 1.21 bits per heavy atom. The summed E-state index contributed by atoms with van der Waals surface area (Å²) in [6.07, 6.45) is 1.33. The molecule has 0 bridgehead atoms. The number of amides is 1. The van der Waals surface area contributed by atoms with E-state index in [1.807, 2.05) is 20.8 Å². The smallest absolute Gasteiger partial charge is 0.240 e. The summed E-state index contributed by atoms with van der Waals surface area (Å²) in [7, 11) is -1.88. The van der Waals surface area contributed by atoms with Crippen LogP contribution < -0.4 is 10.5 Å². The molecule has 1 aromatic carbocycles. The maximum Gasteiger partial charge on any atom is 0.240 e. The van der Waals surface area contributed by atoms with Crippen LogP contribution in [0.1, 0.15) is 32.3 Å². The summed E-state index contributed by atoms with van der Waals surface area (Å²) in [5, 5.41) is 0. The Hall–Kier alpha value is -1.44. The number of aryl methyl sites for hydroxylation is 1. The van der Waals surface area contributed by atoms with E-state index in [1.54, 1.807) is 36.2 Å². The van der Waals surface area contributed by atoms with Crippen LogP contribution in [-0.2, 0) is 14.8 Å². The van der Waals surface area contributed by atoms with Gasteiger partial charge in [0.15, 0.2) is 0 Å². The molecule has 1 aromatic rings. The third kappa shape index (κ3) is 4.78. The van der Waals surface area contributed by atoms with Gasteiger partial charge in [-0.1, -0.05) is 31.5 Å². The van der Waals surface area contributed by atoms with Gasteiger partial charge < -0.3 is 10.6 Å². The van der Waals surface area contributed by atoms with Crippen molar-refractivity contribution in [2.24, 2.45) is 11.1 Å². The molecular formula is C17H29N3O3S. The zero-order chi connectivity index (χ0) is 18.4. The van der Waals surface area contributed by atoms with Crippen molar-refractivity contribution >= 4 is 15.9 Å². The van der Waals surface area contributed by atoms with Crippen molar-refractivity contribution in [1.29, 1.82) is 0 Å². The van der Waals surface area contributed by atoms with E-state index in [1.165, 1.54) is 0 Å². The number of hydrogen-bond donors (Lipinski definition) is 2. The largest absolute Gasteiger partial charge is 0.344 e. The molecule has 1 rings (SSSR count). The second-order valence-electron chi connectivity index (χ2n) is 6.13. The summed E-state index contributed by atoms with van der Waals surface area (Å²) in [6, 6.07) is 6.64. The molecule has 0 spiro atoms. The number of rotatable bonds is 9. The van der Waals surface area contributed by atoms with Crippen LogP contribution in [-0.4, -0.2) is 45.9 Å². The molecule has 0 saturated heterocycles. The van der Waals surface area contributed by atoms with E-state index in [0.717, 1.165) is 5.56 Å². The highest BCUT2D eigenvalue weighted by Gasteiger charge is 2.35. The SMILES string of the molecule is CCC(CC)(CN)C(=O)N(C)CCNS(=O)(=O)c1ccc(C)cc1. The van der Waals surface area contributed by atoms with Gasteiger partial charge in [-0.25, -0.2) is 13.1 Å². The molecule has 0 unspecified atom stereocenters. The molecule has 0 fully saturated rings. The van der Waals surface area contributed by atoms with E-state index in [0.29, 0.717) is 19.4 Å². The number of nitrogens with one attached hydrogen (secondary N) is 1. The Morgan fingerprint density at radius 2 is 1.75 bits per heavy atom. The minimum absolute atomic E-state index is 0.0375. The van der Waals surface area contributed by atoms with E-state index in [4.69, 9.17) is 5.73 Å². The minimum atomic E-state index is -3.56. The third-order valence-corrected chi connectivity index (χ3v) is 6.09. The zero-order valence-electron chi connectivity index (χ0n) is 15.0. The lowest BCUT2D eigenvalue weighted by atomic mass is 9.81. The van der Waals surface area contributed by atoms with Crippen molar-refractivity contribution in [3.05, 3.63) is 29.8 Å². The van der Waals surface area contributed by atoms with Gasteiger partial charge in [0.2, 0.25) is 15.9 Å². The molecule has 0 aromatic heterocycles. The van der Waals surface area contributed by atoms with Crippen LogP contribution in [0.3, 0.4) is 0 Å². The molecule has 136 valence electrons. The zero-order valence-corrected chi connectivity index (χ0v) is 15.8. The topological polar surface area (TPSA) is 92.5 Å². The molecule has 7 heteroatoms. The lowest BCUT2D eigenvalue weighted by molar-refractivity contribution is -0.140. The Balaban J connectivity index is 2.66. The number of nitrogens with zero attached hydrogens (tertiary/aromatic N) is 1. The van der Waals surface area contributed by atoms with E-state index in [-0.39, 0.29) is 23.9 Å². The number of likely N-dealkylation sites (N-methyl/N-ethyl adjacent to an activating group) is 1. The third-order valence-electron chi connectivity index (χ3n) is 4.62. The molecule has 0 atom stereocenters. The molecule has 0 saturated carbocycles. The van der Waals surface area contributed by atoms with Crippen molar-refractivity contribution in [2.45, 2.75) is 38.5 Å². The summed E-state index contributed by atoms with van der Waals surface area (Å²) in [6.45, 7) is 6.54. The molecule has 3 N–H and O–H groups in total. The van der Waals surface area contributed by atoms with Gasteiger partial charge >= 0.3 is 0 Å². The Kier molecular flexibility index (Phi) is 7.38. The first-order valence-electron chi connectivity index (χ1n) is 8.24. The van der Waals surface area contributed by atoms with E-state index < -0.39 is 15.4 Å². The first kappa shape index (κ1) is 20.6. The normalized spacial score (nSPS) is 12.2. The van der Waals surface area contributed by atoms with E-state index in [9.17, 15) is 13.2 Å². The molecular weight excluding hydrogens is 326 g/mol. The lowest BCUT2D eigenvalue weighted by Gasteiger charge is -2.33. The van der Waals surface area contributed by atoms with Crippen LogP contribution in [0.5, 0.6) is 0 Å². The molecule has 0 aliphatic rings. The average molecular weight is 356 g/mol. The number of sulfonamides is 1. The number of hydrogen-bond acceptors (Lipinski definition) is 4. The summed E-state index contributed by atoms with van der Waals surface area (Å²) in [5.41, 5.74) is 6.23. The molecule has 24 heavy (non-hydrogen) atoms. The van der Waals surface area contributed by atoms with Crippen molar-refractivity contribution in [3.8, 4) is 0 Å². The van der Waals surface area contributed by atoms with Gasteiger partial charge in [0.05, 0.1) is 10.3 Å². The Labute approximate surface area is 145 Å². The molecule has 6 nitrogen and oxygen atoms in total. The molecule has 0 aliphatic heterocycles. The fraction of sp³-hybridized carbons (Fsp3) is 0.588. The van der Waals surface area contributed by atoms with Crippen LogP contribution in [0.25, 0.3) is 0 Å². The van der Waals surface area contributed by atoms with Crippen LogP contribution in [0.2, 0.25) is 0 Å². The van der Waals surface area contributed by atoms with Gasteiger partial charge in [-0.2, -0.15) is 0 Å². The maximum absolute atomic E-state index is 12.6. The standard InChI is InChI=1S/C17H29N3O3S/c1-5-17(6-2,13-18)16(21)20(4)12-11-19-24(22,23)15-9-7-14(3)8-10-15/h7-10,19H,5-6,11-13,18H2,1-4H3. The number of carbonyl (C=O) groups excluding carboxylic acids is 1. The first-order chi connectivity index (χ1) is 11.2. The highest BCUT2D eigenvalue weighted by atomic mass is 32.2. The van der Waals surface area contributed by atoms with Crippen molar-refractivity contribution in [2.75, 3.05) is 26.7 Å². The molecule has 0 radical (unpaired) electrons. The van der Waals surface area contributed by atoms with Crippen LogP contribution in [0.15, 0.2) is 29.2 Å². The first-order valence-corrected chi connectivity index (χ1v) is 9.72. The summed E-state index contributed by atoms with van der Waals surface area (Å²) < 4.78 is 27.0.